The minimum atomic E-state index is -3.59. The number of carbonyl (C=O) groups is 1. The maximum atomic E-state index is 12.8. The average molecular weight is 377 g/mol. The highest BCUT2D eigenvalue weighted by atomic mass is 32.2. The van der Waals surface area contributed by atoms with E-state index in [0.29, 0.717) is 25.3 Å². The number of hydrogen-bond donors (Lipinski definition) is 0. The van der Waals surface area contributed by atoms with Gasteiger partial charge in [0.2, 0.25) is 0 Å². The third kappa shape index (κ3) is 5.86. The van der Waals surface area contributed by atoms with Crippen molar-refractivity contribution in [3.63, 3.8) is 0 Å². The van der Waals surface area contributed by atoms with Crippen LogP contribution in [0.5, 0.6) is 5.75 Å². The van der Waals surface area contributed by atoms with Gasteiger partial charge in [0, 0.05) is 25.8 Å². The van der Waals surface area contributed by atoms with Gasteiger partial charge in [0.05, 0.1) is 12.4 Å². The summed E-state index contributed by atoms with van der Waals surface area (Å²) in [6.45, 7) is 2.66. The molecular formula is C19H23NO5S. The molecule has 0 spiro atoms. The van der Waals surface area contributed by atoms with Crippen molar-refractivity contribution in [3.8, 4) is 5.75 Å². The van der Waals surface area contributed by atoms with E-state index >= 15 is 0 Å². The molecule has 0 aliphatic heterocycles. The first-order chi connectivity index (χ1) is 12.4. The summed E-state index contributed by atoms with van der Waals surface area (Å²) in [5.74, 6) is 0.0160. The Bertz CT molecular complexity index is 821. The van der Waals surface area contributed by atoms with Crippen LogP contribution in [0.25, 0.3) is 0 Å². The Labute approximate surface area is 154 Å². The number of methoxy groups -OCH3 is 1. The highest BCUT2D eigenvalue weighted by Crippen LogP contribution is 2.18. The van der Waals surface area contributed by atoms with E-state index in [4.69, 9.17) is 8.92 Å². The Morgan fingerprint density at radius 1 is 1.08 bits per heavy atom. The molecule has 0 heterocycles. The minimum Gasteiger partial charge on any atom is -0.383 e. The van der Waals surface area contributed by atoms with Gasteiger partial charge in [-0.25, -0.2) is 0 Å². The number of amides is 1. The Kier molecular flexibility index (Phi) is 7.17. The van der Waals surface area contributed by atoms with Crippen LogP contribution < -0.4 is 4.18 Å². The molecule has 0 saturated heterocycles. The quantitative estimate of drug-likeness (QED) is 0.628. The number of hydrogen-bond acceptors (Lipinski definition) is 5. The highest BCUT2D eigenvalue weighted by molar-refractivity contribution is 7.87. The highest BCUT2D eigenvalue weighted by Gasteiger charge is 2.16. The number of benzene rings is 2. The predicted molar refractivity (Wildman–Crippen MR) is 99.6 cm³/mol. The van der Waals surface area contributed by atoms with Crippen molar-refractivity contribution in [1.82, 2.24) is 4.90 Å². The lowest BCUT2D eigenvalue weighted by Gasteiger charge is -2.23. The van der Waals surface area contributed by atoms with E-state index in [9.17, 15) is 13.2 Å². The summed E-state index contributed by atoms with van der Waals surface area (Å²) in [6.07, 6.45) is 0. The lowest BCUT2D eigenvalue weighted by molar-refractivity contribution is 0.0680. The van der Waals surface area contributed by atoms with E-state index < -0.39 is 10.1 Å². The molecule has 2 aromatic rings. The zero-order valence-corrected chi connectivity index (χ0v) is 15.7. The van der Waals surface area contributed by atoms with Gasteiger partial charge in [0.25, 0.3) is 5.91 Å². The lowest BCUT2D eigenvalue weighted by atomic mass is 10.1. The van der Waals surface area contributed by atoms with Crippen molar-refractivity contribution in [2.24, 2.45) is 0 Å². The van der Waals surface area contributed by atoms with Gasteiger partial charge in [-0.3, -0.25) is 4.79 Å². The summed E-state index contributed by atoms with van der Waals surface area (Å²) in [4.78, 5) is 14.4. The first kappa shape index (κ1) is 19.9. The van der Waals surface area contributed by atoms with Crippen LogP contribution in [0.2, 0.25) is 0 Å². The minimum absolute atomic E-state index is 0.107. The van der Waals surface area contributed by atoms with Crippen molar-refractivity contribution in [1.29, 1.82) is 0 Å². The van der Waals surface area contributed by atoms with Gasteiger partial charge in [0.1, 0.15) is 5.75 Å². The summed E-state index contributed by atoms with van der Waals surface area (Å²) in [6, 6.07) is 15.7. The summed E-state index contributed by atoms with van der Waals surface area (Å²) in [5, 5.41) is 0. The van der Waals surface area contributed by atoms with Crippen LogP contribution in [0.3, 0.4) is 0 Å². The van der Waals surface area contributed by atoms with Gasteiger partial charge in [-0.2, -0.15) is 8.42 Å². The molecule has 7 heteroatoms. The first-order valence-corrected chi connectivity index (χ1v) is 9.87. The number of rotatable bonds is 9. The van der Waals surface area contributed by atoms with Crippen LogP contribution in [-0.2, 0) is 21.4 Å². The average Bonchev–Trinajstić information content (AvgIpc) is 2.65. The van der Waals surface area contributed by atoms with Crippen LogP contribution in [0.1, 0.15) is 22.8 Å². The second kappa shape index (κ2) is 9.35. The Morgan fingerprint density at radius 3 is 2.46 bits per heavy atom. The molecule has 0 bridgehead atoms. The molecule has 0 fully saturated rings. The van der Waals surface area contributed by atoms with E-state index in [1.165, 1.54) is 6.92 Å². The first-order valence-electron chi connectivity index (χ1n) is 8.29. The number of carbonyl (C=O) groups excluding carboxylic acids is 1. The molecule has 0 aliphatic carbocycles. The van der Waals surface area contributed by atoms with Crippen LogP contribution in [0.15, 0.2) is 54.6 Å². The van der Waals surface area contributed by atoms with Gasteiger partial charge in [-0.1, -0.05) is 30.3 Å². The third-order valence-electron chi connectivity index (χ3n) is 3.72. The zero-order chi connectivity index (χ0) is 19.0. The Balaban J connectivity index is 2.19. The monoisotopic (exact) mass is 377 g/mol. The van der Waals surface area contributed by atoms with Gasteiger partial charge < -0.3 is 13.8 Å². The fourth-order valence-electron chi connectivity index (χ4n) is 2.34. The molecule has 0 aromatic heterocycles. The van der Waals surface area contributed by atoms with Crippen molar-refractivity contribution in [2.75, 3.05) is 26.0 Å². The smallest absolute Gasteiger partial charge is 0.308 e. The molecule has 140 valence electrons. The van der Waals surface area contributed by atoms with Crippen LogP contribution in [0, 0.1) is 0 Å². The molecule has 0 unspecified atom stereocenters. The van der Waals surface area contributed by atoms with Gasteiger partial charge in [0.15, 0.2) is 0 Å². The van der Waals surface area contributed by atoms with Crippen molar-refractivity contribution in [3.05, 3.63) is 65.7 Å². The van der Waals surface area contributed by atoms with Crippen molar-refractivity contribution >= 4 is 16.0 Å². The summed E-state index contributed by atoms with van der Waals surface area (Å²) in [7, 11) is -2.01. The molecule has 0 radical (unpaired) electrons. The molecule has 1 amide bonds. The van der Waals surface area contributed by atoms with E-state index in [0.717, 1.165) is 5.56 Å². The molecule has 26 heavy (non-hydrogen) atoms. The van der Waals surface area contributed by atoms with E-state index in [-0.39, 0.29) is 17.4 Å². The SMILES string of the molecule is CCS(=O)(=O)Oc1cccc(CN(CCOC)C(=O)c2ccccc2)c1. The Morgan fingerprint density at radius 2 is 1.81 bits per heavy atom. The standard InChI is InChI=1S/C19H23NO5S/c1-3-26(22,23)25-18-11-7-8-16(14-18)15-20(12-13-24-2)19(21)17-9-5-4-6-10-17/h4-11,14H,3,12-13,15H2,1-2H3. The fraction of sp³-hybridized carbons (Fsp3) is 0.316. The normalized spacial score (nSPS) is 11.2. The van der Waals surface area contributed by atoms with Gasteiger partial charge >= 0.3 is 10.1 Å². The van der Waals surface area contributed by atoms with Crippen molar-refractivity contribution in [2.45, 2.75) is 13.5 Å². The summed E-state index contributed by atoms with van der Waals surface area (Å²) < 4.78 is 33.4. The molecular weight excluding hydrogens is 354 g/mol. The topological polar surface area (TPSA) is 72.9 Å². The van der Waals surface area contributed by atoms with Crippen molar-refractivity contribution < 1.29 is 22.1 Å². The lowest BCUT2D eigenvalue weighted by Crippen LogP contribution is -2.33. The van der Waals surface area contributed by atoms with Crippen LogP contribution >= 0.6 is 0 Å². The maximum absolute atomic E-state index is 12.8. The van der Waals surface area contributed by atoms with Crippen LogP contribution in [-0.4, -0.2) is 45.2 Å². The molecule has 0 atom stereocenters. The molecule has 0 aliphatic rings. The van der Waals surface area contributed by atoms with E-state index in [1.807, 2.05) is 24.3 Å². The van der Waals surface area contributed by atoms with E-state index in [1.54, 1.807) is 42.3 Å². The molecule has 2 rings (SSSR count). The molecule has 6 nitrogen and oxygen atoms in total. The zero-order valence-electron chi connectivity index (χ0n) is 14.9. The second-order valence-corrected chi connectivity index (χ2v) is 7.52. The fourth-order valence-corrected chi connectivity index (χ4v) is 2.85. The Hall–Kier alpha value is -2.38. The number of nitrogens with zero attached hydrogens (tertiary/aromatic N) is 1. The van der Waals surface area contributed by atoms with Gasteiger partial charge in [-0.15, -0.1) is 0 Å². The molecule has 0 saturated carbocycles. The molecule has 0 N–H and O–H groups in total. The summed E-state index contributed by atoms with van der Waals surface area (Å²) in [5.41, 5.74) is 1.36. The third-order valence-corrected chi connectivity index (χ3v) is 4.88. The van der Waals surface area contributed by atoms with Crippen LogP contribution in [0.4, 0.5) is 0 Å². The molecule has 2 aromatic carbocycles. The van der Waals surface area contributed by atoms with Gasteiger partial charge in [-0.05, 0) is 36.8 Å². The summed E-state index contributed by atoms with van der Waals surface area (Å²) >= 11 is 0. The second-order valence-electron chi connectivity index (χ2n) is 5.66. The van der Waals surface area contributed by atoms with E-state index in [2.05, 4.69) is 0 Å². The maximum Gasteiger partial charge on any atom is 0.308 e. The number of ether oxygens (including phenoxy) is 1. The predicted octanol–water partition coefficient (Wildman–Crippen LogP) is 2.70. The largest absolute Gasteiger partial charge is 0.383 e.